The number of hydrogen-bond donors (Lipinski definition) is 1. The number of likely N-dealkylation sites (N-methyl/N-ethyl adjacent to an activating group) is 1. The van der Waals surface area contributed by atoms with Crippen LogP contribution in [0.3, 0.4) is 0 Å². The number of amides is 1. The number of anilines is 2. The van der Waals surface area contributed by atoms with Crippen LogP contribution in [0.1, 0.15) is 16.2 Å². The molecule has 7 nitrogen and oxygen atoms in total. The Labute approximate surface area is 156 Å². The molecule has 0 unspecified atom stereocenters. The number of thiazole rings is 1. The molecule has 1 aromatic carbocycles. The van der Waals surface area contributed by atoms with Gasteiger partial charge in [-0.2, -0.15) is 5.10 Å². The molecule has 0 bridgehead atoms. The molecule has 0 aliphatic carbocycles. The van der Waals surface area contributed by atoms with E-state index in [1.165, 1.54) is 0 Å². The lowest BCUT2D eigenvalue weighted by Gasteiger charge is -2.31. The number of carbonyl (C=O) groups excluding carboxylic acids is 1. The van der Waals surface area contributed by atoms with Crippen molar-refractivity contribution in [2.75, 3.05) is 43.4 Å². The number of fused-ring (bicyclic) bond motifs is 1. The van der Waals surface area contributed by atoms with E-state index in [1.54, 1.807) is 29.1 Å². The zero-order valence-electron chi connectivity index (χ0n) is 15.2. The fourth-order valence-corrected chi connectivity index (χ4v) is 4.20. The van der Waals surface area contributed by atoms with Gasteiger partial charge in [0.1, 0.15) is 5.69 Å². The third-order valence-electron chi connectivity index (χ3n) is 4.64. The third-order valence-corrected chi connectivity index (χ3v) is 5.72. The number of aryl methyl sites for hydroxylation is 2. The summed E-state index contributed by atoms with van der Waals surface area (Å²) in [5.74, 6) is -0.156. The Morgan fingerprint density at radius 1 is 1.15 bits per heavy atom. The smallest absolute Gasteiger partial charge is 0.273 e. The largest absolute Gasteiger partial charge is 0.345 e. The van der Waals surface area contributed by atoms with Crippen LogP contribution in [0.5, 0.6) is 0 Å². The molecule has 4 rings (SSSR count). The van der Waals surface area contributed by atoms with Gasteiger partial charge in [-0.3, -0.25) is 9.48 Å². The predicted molar refractivity (Wildman–Crippen MR) is 105 cm³/mol. The van der Waals surface area contributed by atoms with Crippen LogP contribution in [-0.2, 0) is 7.05 Å². The number of hydrogen-bond acceptors (Lipinski definition) is 6. The molecule has 1 N–H and O–H groups in total. The quantitative estimate of drug-likeness (QED) is 0.767. The van der Waals surface area contributed by atoms with Crippen molar-refractivity contribution in [3.05, 3.63) is 35.7 Å². The monoisotopic (exact) mass is 370 g/mol. The molecule has 0 atom stereocenters. The van der Waals surface area contributed by atoms with E-state index in [0.717, 1.165) is 52.9 Å². The first kappa shape index (κ1) is 17.0. The van der Waals surface area contributed by atoms with Gasteiger partial charge < -0.3 is 15.1 Å². The van der Waals surface area contributed by atoms with Crippen molar-refractivity contribution in [1.29, 1.82) is 0 Å². The van der Waals surface area contributed by atoms with Gasteiger partial charge in [-0.15, -0.1) is 0 Å². The second-order valence-electron chi connectivity index (χ2n) is 6.72. The van der Waals surface area contributed by atoms with Gasteiger partial charge in [-0.25, -0.2) is 4.98 Å². The van der Waals surface area contributed by atoms with Crippen LogP contribution in [-0.4, -0.2) is 58.8 Å². The van der Waals surface area contributed by atoms with E-state index in [4.69, 9.17) is 4.98 Å². The Morgan fingerprint density at radius 3 is 2.62 bits per heavy atom. The number of carbonyl (C=O) groups is 1. The van der Waals surface area contributed by atoms with Gasteiger partial charge in [0.15, 0.2) is 5.13 Å². The second-order valence-corrected chi connectivity index (χ2v) is 7.73. The van der Waals surface area contributed by atoms with E-state index < -0.39 is 0 Å². The molecular formula is C18H22N6OS. The van der Waals surface area contributed by atoms with Gasteiger partial charge in [0.2, 0.25) is 0 Å². The fourth-order valence-electron chi connectivity index (χ4n) is 3.14. The number of nitrogens with one attached hydrogen (secondary N) is 1. The topological polar surface area (TPSA) is 66.3 Å². The van der Waals surface area contributed by atoms with Crippen LogP contribution in [0.4, 0.5) is 10.8 Å². The fraction of sp³-hybridized carbons (Fsp3) is 0.389. The highest BCUT2D eigenvalue weighted by Gasteiger charge is 2.18. The summed E-state index contributed by atoms with van der Waals surface area (Å²) in [6, 6.07) is 7.65. The van der Waals surface area contributed by atoms with Crippen LogP contribution >= 0.6 is 11.3 Å². The zero-order chi connectivity index (χ0) is 18.3. The summed E-state index contributed by atoms with van der Waals surface area (Å²) in [5, 5.41) is 8.24. The minimum absolute atomic E-state index is 0.156. The Bertz CT molecular complexity index is 954. The standard InChI is InChI=1S/C18H22N6OS/c1-12-10-15(23(3)21-12)17(25)19-13-4-5-14-16(11-13)26-18(20-14)24-8-6-22(2)7-9-24/h4-5,10-11H,6-9H2,1-3H3,(H,19,25). The van der Waals surface area contributed by atoms with Gasteiger partial charge in [0, 0.05) is 38.9 Å². The van der Waals surface area contributed by atoms with Crippen molar-refractivity contribution in [3.8, 4) is 0 Å². The van der Waals surface area contributed by atoms with Crippen LogP contribution in [0, 0.1) is 6.92 Å². The number of benzene rings is 1. The lowest BCUT2D eigenvalue weighted by Crippen LogP contribution is -2.44. The van der Waals surface area contributed by atoms with Crippen LogP contribution in [0.25, 0.3) is 10.2 Å². The molecule has 1 saturated heterocycles. The van der Waals surface area contributed by atoms with Gasteiger partial charge in [0.05, 0.1) is 15.9 Å². The van der Waals surface area contributed by atoms with E-state index in [2.05, 4.69) is 27.3 Å². The second kappa shape index (κ2) is 6.69. The third kappa shape index (κ3) is 3.30. The molecule has 2 aromatic heterocycles. The number of nitrogens with zero attached hydrogens (tertiary/aromatic N) is 5. The highest BCUT2D eigenvalue weighted by molar-refractivity contribution is 7.22. The predicted octanol–water partition coefficient (Wildman–Crippen LogP) is 2.34. The number of piperazine rings is 1. The molecule has 26 heavy (non-hydrogen) atoms. The molecule has 1 aliphatic heterocycles. The molecule has 136 valence electrons. The molecule has 0 saturated carbocycles. The van der Waals surface area contributed by atoms with Crippen LogP contribution in [0.15, 0.2) is 24.3 Å². The van der Waals surface area contributed by atoms with Crippen molar-refractivity contribution in [2.45, 2.75) is 6.92 Å². The lowest BCUT2D eigenvalue weighted by atomic mass is 10.3. The average molecular weight is 370 g/mol. The maximum absolute atomic E-state index is 12.5. The molecule has 3 heterocycles. The van der Waals surface area contributed by atoms with Crippen molar-refractivity contribution in [3.63, 3.8) is 0 Å². The van der Waals surface area contributed by atoms with Gasteiger partial charge in [-0.1, -0.05) is 11.3 Å². The molecular weight excluding hydrogens is 348 g/mol. The molecule has 0 radical (unpaired) electrons. The Balaban J connectivity index is 1.54. The normalized spacial score (nSPS) is 15.6. The van der Waals surface area contributed by atoms with Crippen molar-refractivity contribution in [1.82, 2.24) is 19.7 Å². The molecule has 0 spiro atoms. The van der Waals surface area contributed by atoms with E-state index in [-0.39, 0.29) is 5.91 Å². The minimum Gasteiger partial charge on any atom is -0.345 e. The van der Waals surface area contributed by atoms with Crippen LogP contribution < -0.4 is 10.2 Å². The van der Waals surface area contributed by atoms with Gasteiger partial charge in [-0.05, 0) is 38.2 Å². The Kier molecular flexibility index (Phi) is 4.37. The molecule has 1 fully saturated rings. The van der Waals surface area contributed by atoms with Gasteiger partial charge >= 0.3 is 0 Å². The molecule has 1 aliphatic rings. The Morgan fingerprint density at radius 2 is 1.92 bits per heavy atom. The maximum atomic E-state index is 12.5. The van der Waals surface area contributed by atoms with Crippen LogP contribution in [0.2, 0.25) is 0 Å². The highest BCUT2D eigenvalue weighted by atomic mass is 32.1. The van der Waals surface area contributed by atoms with Gasteiger partial charge in [0.25, 0.3) is 5.91 Å². The SMILES string of the molecule is Cc1cc(C(=O)Nc2ccc3nc(N4CCN(C)CC4)sc3c2)n(C)n1. The minimum atomic E-state index is -0.156. The summed E-state index contributed by atoms with van der Waals surface area (Å²) in [7, 11) is 3.92. The first-order chi connectivity index (χ1) is 12.5. The lowest BCUT2D eigenvalue weighted by molar-refractivity contribution is 0.101. The maximum Gasteiger partial charge on any atom is 0.273 e. The number of aromatic nitrogens is 3. The molecule has 3 aromatic rings. The summed E-state index contributed by atoms with van der Waals surface area (Å²) in [6.45, 7) is 5.99. The van der Waals surface area contributed by atoms with Crippen molar-refractivity contribution < 1.29 is 4.79 Å². The first-order valence-corrected chi connectivity index (χ1v) is 9.47. The van der Waals surface area contributed by atoms with E-state index in [1.807, 2.05) is 25.1 Å². The van der Waals surface area contributed by atoms with Crippen molar-refractivity contribution >= 4 is 38.3 Å². The summed E-state index contributed by atoms with van der Waals surface area (Å²) in [6.07, 6.45) is 0. The highest BCUT2D eigenvalue weighted by Crippen LogP contribution is 2.31. The average Bonchev–Trinajstić information content (AvgIpc) is 3.17. The number of rotatable bonds is 3. The Hall–Kier alpha value is -2.45. The molecule has 1 amide bonds. The summed E-state index contributed by atoms with van der Waals surface area (Å²) >= 11 is 1.68. The molecule has 8 heteroatoms. The van der Waals surface area contributed by atoms with E-state index in [9.17, 15) is 4.79 Å². The van der Waals surface area contributed by atoms with E-state index >= 15 is 0 Å². The summed E-state index contributed by atoms with van der Waals surface area (Å²) in [5.41, 5.74) is 3.12. The van der Waals surface area contributed by atoms with Crippen molar-refractivity contribution in [2.24, 2.45) is 7.05 Å². The summed E-state index contributed by atoms with van der Waals surface area (Å²) < 4.78 is 2.68. The first-order valence-electron chi connectivity index (χ1n) is 8.66. The summed E-state index contributed by atoms with van der Waals surface area (Å²) in [4.78, 5) is 21.9. The zero-order valence-corrected chi connectivity index (χ0v) is 16.0. The van der Waals surface area contributed by atoms with E-state index in [0.29, 0.717) is 5.69 Å².